The molecule has 1 fully saturated rings. The maximum absolute atomic E-state index is 5.48. The Morgan fingerprint density at radius 2 is 2.26 bits per heavy atom. The Bertz CT molecular complexity index is 644. The first kappa shape index (κ1) is 15.7. The van der Waals surface area contributed by atoms with Crippen LogP contribution in [0.4, 0.5) is 11.6 Å². The van der Waals surface area contributed by atoms with Crippen LogP contribution in [0.25, 0.3) is 0 Å². The predicted octanol–water partition coefficient (Wildman–Crippen LogP) is 1.53. The summed E-state index contributed by atoms with van der Waals surface area (Å²) in [5.74, 6) is 3.03. The van der Waals surface area contributed by atoms with Gasteiger partial charge in [0, 0.05) is 39.2 Å². The van der Waals surface area contributed by atoms with Crippen molar-refractivity contribution < 1.29 is 4.42 Å². The van der Waals surface area contributed by atoms with Crippen LogP contribution in [0.3, 0.4) is 0 Å². The molecule has 0 spiro atoms. The summed E-state index contributed by atoms with van der Waals surface area (Å²) >= 11 is 0. The molecule has 8 heteroatoms. The van der Waals surface area contributed by atoms with E-state index in [1.54, 1.807) is 13.3 Å². The van der Waals surface area contributed by atoms with Crippen LogP contribution in [-0.4, -0.2) is 46.3 Å². The smallest absolute Gasteiger partial charge is 0.233 e. The van der Waals surface area contributed by atoms with Crippen molar-refractivity contribution in [3.63, 3.8) is 0 Å². The summed E-state index contributed by atoms with van der Waals surface area (Å²) in [4.78, 5) is 10.9. The second-order valence-electron chi connectivity index (χ2n) is 5.79. The van der Waals surface area contributed by atoms with E-state index in [4.69, 9.17) is 4.42 Å². The maximum atomic E-state index is 5.48. The van der Waals surface area contributed by atoms with Crippen LogP contribution in [0.5, 0.6) is 0 Å². The Kier molecular flexibility index (Phi) is 4.71. The van der Waals surface area contributed by atoms with E-state index in [0.29, 0.717) is 17.8 Å². The van der Waals surface area contributed by atoms with Gasteiger partial charge in [0.2, 0.25) is 11.8 Å². The highest BCUT2D eigenvalue weighted by molar-refractivity contribution is 5.49. The van der Waals surface area contributed by atoms with Gasteiger partial charge in [0.05, 0.1) is 6.04 Å². The lowest BCUT2D eigenvalue weighted by Crippen LogP contribution is -2.39. The van der Waals surface area contributed by atoms with Gasteiger partial charge in [0.1, 0.15) is 18.0 Å². The first-order valence-electron chi connectivity index (χ1n) is 7.97. The summed E-state index contributed by atoms with van der Waals surface area (Å²) in [7, 11) is 1.86. The van der Waals surface area contributed by atoms with Crippen molar-refractivity contribution in [2.24, 2.45) is 0 Å². The van der Waals surface area contributed by atoms with E-state index >= 15 is 0 Å². The molecule has 124 valence electrons. The van der Waals surface area contributed by atoms with Crippen molar-refractivity contribution in [1.29, 1.82) is 0 Å². The van der Waals surface area contributed by atoms with E-state index in [1.807, 2.05) is 20.0 Å². The van der Waals surface area contributed by atoms with Crippen molar-refractivity contribution in [2.75, 3.05) is 30.4 Å². The first-order valence-corrected chi connectivity index (χ1v) is 7.97. The Morgan fingerprint density at radius 3 is 3.00 bits per heavy atom. The monoisotopic (exact) mass is 317 g/mol. The number of hydrogen-bond donors (Lipinski definition) is 2. The van der Waals surface area contributed by atoms with Gasteiger partial charge in [-0.2, -0.15) is 0 Å². The average Bonchev–Trinajstić information content (AvgIpc) is 3.21. The van der Waals surface area contributed by atoms with Gasteiger partial charge < -0.3 is 20.0 Å². The molecule has 3 heterocycles. The molecule has 3 rings (SSSR count). The number of nitrogens with one attached hydrogen (secondary N) is 2. The SMILES string of the molecule is CNc1cc(N2CCC[C@@H]2CN[C@H](C)c2nnc(C)o2)ncn1. The van der Waals surface area contributed by atoms with Crippen LogP contribution >= 0.6 is 0 Å². The molecule has 1 aliphatic heterocycles. The van der Waals surface area contributed by atoms with E-state index in [1.165, 1.54) is 6.42 Å². The van der Waals surface area contributed by atoms with E-state index in [9.17, 15) is 0 Å². The lowest BCUT2D eigenvalue weighted by atomic mass is 10.2. The lowest BCUT2D eigenvalue weighted by molar-refractivity contribution is 0.394. The molecule has 1 aliphatic rings. The van der Waals surface area contributed by atoms with E-state index in [0.717, 1.165) is 31.1 Å². The van der Waals surface area contributed by atoms with E-state index in [-0.39, 0.29) is 6.04 Å². The molecule has 8 nitrogen and oxygen atoms in total. The number of aromatic nitrogens is 4. The molecule has 2 atom stereocenters. The molecular formula is C15H23N7O. The maximum Gasteiger partial charge on any atom is 0.233 e. The number of aryl methyl sites for hydroxylation is 1. The van der Waals surface area contributed by atoms with Gasteiger partial charge in [-0.05, 0) is 19.8 Å². The molecule has 0 aliphatic carbocycles. The fraction of sp³-hybridized carbons (Fsp3) is 0.600. The molecule has 0 aromatic carbocycles. The number of nitrogens with zero attached hydrogens (tertiary/aromatic N) is 5. The standard InChI is InChI=1S/C15H23N7O/c1-10(15-21-20-11(2)23-15)17-8-12-5-4-6-22(12)14-7-13(16-3)18-9-19-14/h7,9-10,12,17H,4-6,8H2,1-3H3,(H,16,18,19)/t10-,12-/m1/s1. The number of hydrogen-bond acceptors (Lipinski definition) is 8. The zero-order valence-electron chi connectivity index (χ0n) is 13.8. The first-order chi connectivity index (χ1) is 11.2. The average molecular weight is 317 g/mol. The molecular weight excluding hydrogens is 294 g/mol. The summed E-state index contributed by atoms with van der Waals surface area (Å²) < 4.78 is 5.48. The van der Waals surface area contributed by atoms with Crippen LogP contribution in [0.1, 0.15) is 37.6 Å². The quantitative estimate of drug-likeness (QED) is 0.829. The summed E-state index contributed by atoms with van der Waals surface area (Å²) in [5, 5.41) is 14.5. The van der Waals surface area contributed by atoms with Gasteiger partial charge in [-0.25, -0.2) is 9.97 Å². The molecule has 0 bridgehead atoms. The number of anilines is 2. The minimum absolute atomic E-state index is 0.0388. The van der Waals surface area contributed by atoms with E-state index < -0.39 is 0 Å². The van der Waals surface area contributed by atoms with E-state index in [2.05, 4.69) is 35.7 Å². The van der Waals surface area contributed by atoms with Crippen LogP contribution in [0.15, 0.2) is 16.8 Å². The molecule has 2 aromatic rings. The van der Waals surface area contributed by atoms with Crippen LogP contribution < -0.4 is 15.5 Å². The van der Waals surface area contributed by atoms with Crippen LogP contribution in [0.2, 0.25) is 0 Å². The normalized spacial score (nSPS) is 19.1. The topological polar surface area (TPSA) is 92.0 Å². The Balaban J connectivity index is 1.62. The fourth-order valence-corrected chi connectivity index (χ4v) is 2.88. The van der Waals surface area contributed by atoms with Gasteiger partial charge in [-0.15, -0.1) is 10.2 Å². The van der Waals surface area contributed by atoms with Crippen molar-refractivity contribution in [3.8, 4) is 0 Å². The lowest BCUT2D eigenvalue weighted by Gasteiger charge is -2.27. The molecule has 2 aromatic heterocycles. The third-order valence-electron chi connectivity index (χ3n) is 4.15. The Labute approximate surface area is 135 Å². The Morgan fingerprint density at radius 1 is 1.39 bits per heavy atom. The molecule has 0 radical (unpaired) electrons. The molecule has 0 amide bonds. The largest absolute Gasteiger partial charge is 0.424 e. The van der Waals surface area contributed by atoms with Crippen LogP contribution in [-0.2, 0) is 0 Å². The minimum atomic E-state index is 0.0388. The van der Waals surface area contributed by atoms with Crippen molar-refractivity contribution in [1.82, 2.24) is 25.5 Å². The highest BCUT2D eigenvalue weighted by Crippen LogP contribution is 2.25. The zero-order valence-corrected chi connectivity index (χ0v) is 13.8. The van der Waals surface area contributed by atoms with Gasteiger partial charge in [-0.1, -0.05) is 0 Å². The fourth-order valence-electron chi connectivity index (χ4n) is 2.88. The summed E-state index contributed by atoms with van der Waals surface area (Å²) in [5.41, 5.74) is 0. The predicted molar refractivity (Wildman–Crippen MR) is 87.4 cm³/mol. The minimum Gasteiger partial charge on any atom is -0.424 e. The second kappa shape index (κ2) is 6.91. The second-order valence-corrected chi connectivity index (χ2v) is 5.79. The van der Waals surface area contributed by atoms with Crippen molar-refractivity contribution in [3.05, 3.63) is 24.2 Å². The summed E-state index contributed by atoms with van der Waals surface area (Å²) in [6.07, 6.45) is 3.91. The molecule has 0 saturated carbocycles. The summed E-state index contributed by atoms with van der Waals surface area (Å²) in [6, 6.07) is 2.43. The Hall–Kier alpha value is -2.22. The molecule has 0 unspecified atom stereocenters. The third kappa shape index (κ3) is 3.58. The zero-order chi connectivity index (χ0) is 16.2. The van der Waals surface area contributed by atoms with Gasteiger partial charge in [0.15, 0.2) is 0 Å². The van der Waals surface area contributed by atoms with Crippen LogP contribution in [0, 0.1) is 6.92 Å². The molecule has 1 saturated heterocycles. The van der Waals surface area contributed by atoms with Gasteiger partial charge in [-0.3, -0.25) is 0 Å². The highest BCUT2D eigenvalue weighted by Gasteiger charge is 2.26. The van der Waals surface area contributed by atoms with Gasteiger partial charge in [0.25, 0.3) is 0 Å². The third-order valence-corrected chi connectivity index (χ3v) is 4.15. The molecule has 2 N–H and O–H groups in total. The molecule has 23 heavy (non-hydrogen) atoms. The van der Waals surface area contributed by atoms with Crippen molar-refractivity contribution >= 4 is 11.6 Å². The highest BCUT2D eigenvalue weighted by atomic mass is 16.4. The van der Waals surface area contributed by atoms with Gasteiger partial charge >= 0.3 is 0 Å². The number of rotatable bonds is 6. The summed E-state index contributed by atoms with van der Waals surface area (Å²) in [6.45, 7) is 5.70. The van der Waals surface area contributed by atoms with Crippen molar-refractivity contribution in [2.45, 2.75) is 38.8 Å².